The highest BCUT2D eigenvalue weighted by Gasteiger charge is 2.02. The summed E-state index contributed by atoms with van der Waals surface area (Å²) in [5, 5.41) is 8.95. The lowest BCUT2D eigenvalue weighted by Gasteiger charge is -2.10. The molecule has 0 fully saturated rings. The molecule has 1 aromatic rings. The van der Waals surface area contributed by atoms with Gasteiger partial charge in [-0.25, -0.2) is 4.99 Å². The third kappa shape index (κ3) is 8.03. The molecule has 20 heavy (non-hydrogen) atoms. The van der Waals surface area contributed by atoms with Gasteiger partial charge in [0, 0.05) is 13.1 Å². The predicted molar refractivity (Wildman–Crippen MR) is 90.2 cm³/mol. The second-order valence-electron chi connectivity index (χ2n) is 3.98. The monoisotopic (exact) mass is 394 g/mol. The molecule has 1 amide bonds. The topological polar surface area (TPSA) is 78.7 Å². The average Bonchev–Trinajstić information content (AvgIpc) is 2.92. The van der Waals surface area contributed by atoms with Gasteiger partial charge in [-0.15, -0.1) is 24.0 Å². The molecule has 0 radical (unpaired) electrons. The van der Waals surface area contributed by atoms with Crippen molar-refractivity contribution in [2.45, 2.75) is 26.8 Å². The lowest BCUT2D eigenvalue weighted by atomic mass is 10.4. The molecule has 0 atom stereocenters. The standard InChI is InChI=1S/C13H22N4O2.HI/c1-3-7-15-12(18)10-17-13(14-4-2)16-9-11-6-5-8-19-11;/h5-6,8H,3-4,7,9-10H2,1-2H3,(H,15,18)(H2,14,16,17);1H. The number of aliphatic imine (C=N–C) groups is 1. The summed E-state index contributed by atoms with van der Waals surface area (Å²) in [7, 11) is 0. The van der Waals surface area contributed by atoms with Gasteiger partial charge in [0.1, 0.15) is 12.3 Å². The van der Waals surface area contributed by atoms with Gasteiger partial charge in [-0.3, -0.25) is 4.79 Å². The first-order chi connectivity index (χ1) is 9.26. The van der Waals surface area contributed by atoms with E-state index < -0.39 is 0 Å². The van der Waals surface area contributed by atoms with Crippen molar-refractivity contribution < 1.29 is 9.21 Å². The first-order valence-corrected chi connectivity index (χ1v) is 6.57. The second kappa shape index (κ2) is 11.6. The van der Waals surface area contributed by atoms with Crippen LogP contribution in [-0.2, 0) is 11.3 Å². The molecule has 0 saturated heterocycles. The molecular formula is C13H23IN4O2. The Morgan fingerprint density at radius 2 is 2.10 bits per heavy atom. The fraction of sp³-hybridized carbons (Fsp3) is 0.538. The van der Waals surface area contributed by atoms with Crippen LogP contribution in [0.3, 0.4) is 0 Å². The number of hydrogen-bond donors (Lipinski definition) is 3. The first kappa shape index (κ1) is 18.8. The van der Waals surface area contributed by atoms with Gasteiger partial charge in [-0.2, -0.15) is 0 Å². The van der Waals surface area contributed by atoms with Gasteiger partial charge in [0.05, 0.1) is 12.8 Å². The van der Waals surface area contributed by atoms with E-state index in [-0.39, 0.29) is 36.4 Å². The Hall–Kier alpha value is -1.25. The van der Waals surface area contributed by atoms with E-state index in [1.807, 2.05) is 26.0 Å². The van der Waals surface area contributed by atoms with Crippen molar-refractivity contribution in [3.63, 3.8) is 0 Å². The Bertz CT molecular complexity index is 393. The molecule has 6 nitrogen and oxygen atoms in total. The van der Waals surface area contributed by atoms with Crippen LogP contribution in [0, 0.1) is 0 Å². The Morgan fingerprint density at radius 3 is 2.70 bits per heavy atom. The van der Waals surface area contributed by atoms with E-state index in [2.05, 4.69) is 20.9 Å². The number of rotatable bonds is 7. The predicted octanol–water partition coefficient (Wildman–Crippen LogP) is 1.48. The number of amides is 1. The Morgan fingerprint density at radius 1 is 1.30 bits per heavy atom. The van der Waals surface area contributed by atoms with Gasteiger partial charge >= 0.3 is 0 Å². The third-order valence-corrected chi connectivity index (χ3v) is 2.31. The smallest absolute Gasteiger partial charge is 0.241 e. The number of hydrogen-bond acceptors (Lipinski definition) is 3. The minimum absolute atomic E-state index is 0. The normalized spacial score (nSPS) is 10.6. The van der Waals surface area contributed by atoms with E-state index in [0.29, 0.717) is 19.0 Å². The van der Waals surface area contributed by atoms with Crippen LogP contribution in [0.4, 0.5) is 0 Å². The fourth-order valence-electron chi connectivity index (χ4n) is 1.40. The van der Waals surface area contributed by atoms with Crippen LogP contribution in [0.25, 0.3) is 0 Å². The molecule has 0 aliphatic heterocycles. The molecule has 3 N–H and O–H groups in total. The average molecular weight is 394 g/mol. The Kier molecular flexibility index (Phi) is 10.8. The van der Waals surface area contributed by atoms with Crippen LogP contribution in [0.5, 0.6) is 0 Å². The fourth-order valence-corrected chi connectivity index (χ4v) is 1.40. The summed E-state index contributed by atoms with van der Waals surface area (Å²) in [6, 6.07) is 3.71. The van der Waals surface area contributed by atoms with Crippen LogP contribution in [0.15, 0.2) is 27.8 Å². The minimum Gasteiger partial charge on any atom is -0.467 e. The van der Waals surface area contributed by atoms with Crippen molar-refractivity contribution in [3.8, 4) is 0 Å². The SMILES string of the molecule is CCCNC(=O)CN=C(NCC)NCc1ccco1.I. The van der Waals surface area contributed by atoms with Gasteiger partial charge < -0.3 is 20.4 Å². The second-order valence-corrected chi connectivity index (χ2v) is 3.98. The van der Waals surface area contributed by atoms with Crippen LogP contribution in [0.1, 0.15) is 26.0 Å². The van der Waals surface area contributed by atoms with Gasteiger partial charge in [0.15, 0.2) is 5.96 Å². The Balaban J connectivity index is 0.00000361. The number of furan rings is 1. The van der Waals surface area contributed by atoms with Crippen molar-refractivity contribution in [1.29, 1.82) is 0 Å². The molecule has 1 rings (SSSR count). The number of carbonyl (C=O) groups is 1. The number of nitrogens with one attached hydrogen (secondary N) is 3. The number of carbonyl (C=O) groups excluding carboxylic acids is 1. The first-order valence-electron chi connectivity index (χ1n) is 6.57. The molecule has 0 spiro atoms. The lowest BCUT2D eigenvalue weighted by molar-refractivity contribution is -0.119. The molecule has 0 aliphatic carbocycles. The molecule has 0 unspecified atom stereocenters. The molecule has 7 heteroatoms. The molecule has 0 aliphatic rings. The summed E-state index contributed by atoms with van der Waals surface area (Å²) in [6.07, 6.45) is 2.55. The summed E-state index contributed by atoms with van der Waals surface area (Å²) >= 11 is 0. The maximum Gasteiger partial charge on any atom is 0.241 e. The Labute approximate surface area is 136 Å². The van der Waals surface area contributed by atoms with Crippen molar-refractivity contribution in [2.24, 2.45) is 4.99 Å². The maximum absolute atomic E-state index is 11.5. The number of nitrogens with zero attached hydrogens (tertiary/aromatic N) is 1. The number of halogens is 1. The van der Waals surface area contributed by atoms with Gasteiger partial charge in [0.25, 0.3) is 0 Å². The van der Waals surface area contributed by atoms with Crippen LogP contribution in [-0.4, -0.2) is 31.5 Å². The molecule has 1 heterocycles. The van der Waals surface area contributed by atoms with Crippen LogP contribution in [0.2, 0.25) is 0 Å². The quantitative estimate of drug-likeness (QED) is 0.372. The summed E-state index contributed by atoms with van der Waals surface area (Å²) < 4.78 is 5.22. The van der Waals surface area contributed by atoms with E-state index in [0.717, 1.165) is 18.7 Å². The maximum atomic E-state index is 11.5. The van der Waals surface area contributed by atoms with Gasteiger partial charge in [-0.1, -0.05) is 6.92 Å². The van der Waals surface area contributed by atoms with Crippen molar-refractivity contribution in [2.75, 3.05) is 19.6 Å². The van der Waals surface area contributed by atoms with Crippen molar-refractivity contribution >= 4 is 35.8 Å². The highest BCUT2D eigenvalue weighted by Crippen LogP contribution is 1.98. The highest BCUT2D eigenvalue weighted by atomic mass is 127. The zero-order valence-corrected chi connectivity index (χ0v) is 14.3. The molecule has 0 saturated carbocycles. The van der Waals surface area contributed by atoms with E-state index in [4.69, 9.17) is 4.42 Å². The molecule has 0 aromatic carbocycles. The lowest BCUT2D eigenvalue weighted by Crippen LogP contribution is -2.38. The van der Waals surface area contributed by atoms with Crippen LogP contribution >= 0.6 is 24.0 Å². The van der Waals surface area contributed by atoms with Crippen molar-refractivity contribution in [1.82, 2.24) is 16.0 Å². The molecule has 1 aromatic heterocycles. The molecule has 0 bridgehead atoms. The zero-order chi connectivity index (χ0) is 13.9. The van der Waals surface area contributed by atoms with E-state index in [1.54, 1.807) is 6.26 Å². The van der Waals surface area contributed by atoms with Gasteiger partial charge in [0.2, 0.25) is 5.91 Å². The minimum atomic E-state index is -0.0722. The van der Waals surface area contributed by atoms with E-state index in [9.17, 15) is 4.79 Å². The molecular weight excluding hydrogens is 371 g/mol. The zero-order valence-electron chi connectivity index (χ0n) is 11.9. The summed E-state index contributed by atoms with van der Waals surface area (Å²) in [4.78, 5) is 15.7. The van der Waals surface area contributed by atoms with Gasteiger partial charge in [-0.05, 0) is 25.5 Å². The summed E-state index contributed by atoms with van der Waals surface area (Å²) in [5.74, 6) is 1.35. The van der Waals surface area contributed by atoms with E-state index in [1.165, 1.54) is 0 Å². The summed E-state index contributed by atoms with van der Waals surface area (Å²) in [6.45, 7) is 6.06. The van der Waals surface area contributed by atoms with Crippen LogP contribution < -0.4 is 16.0 Å². The largest absolute Gasteiger partial charge is 0.467 e. The molecule has 114 valence electrons. The number of guanidine groups is 1. The van der Waals surface area contributed by atoms with E-state index >= 15 is 0 Å². The highest BCUT2D eigenvalue weighted by molar-refractivity contribution is 14.0. The third-order valence-electron chi connectivity index (χ3n) is 2.31. The van der Waals surface area contributed by atoms with Crippen molar-refractivity contribution in [3.05, 3.63) is 24.2 Å². The summed E-state index contributed by atoms with van der Waals surface area (Å²) in [5.41, 5.74) is 0.